The Morgan fingerprint density at radius 3 is 2.50 bits per heavy atom. The summed E-state index contributed by atoms with van der Waals surface area (Å²) in [6, 6.07) is 0. The van der Waals surface area contributed by atoms with Gasteiger partial charge in [-0.1, -0.05) is 0 Å². The first-order valence-corrected chi connectivity index (χ1v) is 3.60. The van der Waals surface area contributed by atoms with Crippen molar-refractivity contribution in [1.82, 2.24) is 0 Å². The first-order valence-electron chi connectivity index (χ1n) is 3.60. The van der Waals surface area contributed by atoms with Gasteiger partial charge in [-0.25, -0.2) is 0 Å². The van der Waals surface area contributed by atoms with Crippen molar-refractivity contribution in [2.45, 2.75) is 12.7 Å². The van der Waals surface area contributed by atoms with E-state index in [1.54, 1.807) is 0 Å². The highest BCUT2D eigenvalue weighted by atomic mass is 16.7. The number of carbonyl (C=O) groups excluding carboxylic acids is 1. The number of aldehydes is 1. The largest absolute Gasteiger partial charge is 0.350 e. The van der Waals surface area contributed by atoms with E-state index in [-0.39, 0.29) is 12.2 Å². The van der Waals surface area contributed by atoms with Gasteiger partial charge in [-0.3, -0.25) is 0 Å². The SMILES string of the molecule is O=CC1CC1C1OCCO1. The van der Waals surface area contributed by atoms with Gasteiger partial charge in [0, 0.05) is 11.8 Å². The van der Waals surface area contributed by atoms with E-state index in [0.717, 1.165) is 12.7 Å². The standard InChI is InChI=1S/C7H10O3/c8-4-5-3-6(5)7-9-1-2-10-7/h4-7H,1-3H2. The Morgan fingerprint density at radius 2 is 2.00 bits per heavy atom. The highest BCUT2D eigenvalue weighted by molar-refractivity contribution is 5.58. The van der Waals surface area contributed by atoms with E-state index in [4.69, 9.17) is 9.47 Å². The second-order valence-electron chi connectivity index (χ2n) is 2.81. The summed E-state index contributed by atoms with van der Waals surface area (Å²) < 4.78 is 10.5. The predicted molar refractivity (Wildman–Crippen MR) is 33.4 cm³/mol. The van der Waals surface area contributed by atoms with Gasteiger partial charge in [-0.15, -0.1) is 0 Å². The second kappa shape index (κ2) is 2.32. The molecule has 3 heteroatoms. The highest BCUT2D eigenvalue weighted by Gasteiger charge is 2.45. The Bertz CT molecular complexity index is 140. The maximum atomic E-state index is 10.2. The van der Waals surface area contributed by atoms with Crippen LogP contribution in [-0.4, -0.2) is 25.8 Å². The fourth-order valence-electron chi connectivity index (χ4n) is 1.33. The molecule has 0 aromatic carbocycles. The Labute approximate surface area is 59.3 Å². The Hall–Kier alpha value is -0.410. The van der Waals surface area contributed by atoms with Gasteiger partial charge in [0.25, 0.3) is 0 Å². The maximum Gasteiger partial charge on any atom is 0.161 e. The summed E-state index contributed by atoms with van der Waals surface area (Å²) in [5, 5.41) is 0. The number of rotatable bonds is 2. The van der Waals surface area contributed by atoms with Crippen LogP contribution in [0, 0.1) is 11.8 Å². The van der Waals surface area contributed by atoms with Gasteiger partial charge in [-0.2, -0.15) is 0 Å². The zero-order valence-electron chi connectivity index (χ0n) is 5.66. The van der Waals surface area contributed by atoms with Gasteiger partial charge < -0.3 is 14.3 Å². The first-order chi connectivity index (χ1) is 4.92. The van der Waals surface area contributed by atoms with E-state index in [9.17, 15) is 4.79 Å². The minimum atomic E-state index is -0.0739. The number of hydrogen-bond donors (Lipinski definition) is 0. The Kier molecular flexibility index (Phi) is 1.47. The van der Waals surface area contributed by atoms with Crippen molar-refractivity contribution in [2.24, 2.45) is 11.8 Å². The molecule has 10 heavy (non-hydrogen) atoms. The molecule has 0 aromatic heterocycles. The van der Waals surface area contributed by atoms with Crippen LogP contribution in [-0.2, 0) is 14.3 Å². The maximum absolute atomic E-state index is 10.2. The zero-order valence-corrected chi connectivity index (χ0v) is 5.66. The summed E-state index contributed by atoms with van der Waals surface area (Å²) in [4.78, 5) is 10.2. The van der Waals surface area contributed by atoms with Crippen molar-refractivity contribution >= 4 is 6.29 Å². The van der Waals surface area contributed by atoms with E-state index >= 15 is 0 Å². The fourth-order valence-corrected chi connectivity index (χ4v) is 1.33. The normalized spacial score (nSPS) is 40.0. The monoisotopic (exact) mass is 142 g/mol. The molecule has 0 spiro atoms. The van der Waals surface area contributed by atoms with Crippen molar-refractivity contribution in [3.05, 3.63) is 0 Å². The molecule has 0 bridgehead atoms. The van der Waals surface area contributed by atoms with E-state index in [1.807, 2.05) is 0 Å². The third kappa shape index (κ3) is 0.954. The smallest absolute Gasteiger partial charge is 0.161 e. The van der Waals surface area contributed by atoms with Crippen molar-refractivity contribution in [1.29, 1.82) is 0 Å². The molecule has 0 N–H and O–H groups in total. The number of ether oxygens (including phenoxy) is 2. The van der Waals surface area contributed by atoms with E-state index < -0.39 is 0 Å². The van der Waals surface area contributed by atoms with E-state index in [0.29, 0.717) is 19.1 Å². The molecule has 2 fully saturated rings. The molecular weight excluding hydrogens is 132 g/mol. The lowest BCUT2D eigenvalue weighted by Crippen LogP contribution is -2.11. The number of carbonyl (C=O) groups is 1. The summed E-state index contributed by atoms with van der Waals surface area (Å²) in [5.74, 6) is 0.572. The molecule has 1 saturated heterocycles. The van der Waals surface area contributed by atoms with E-state index in [2.05, 4.69) is 0 Å². The van der Waals surface area contributed by atoms with Gasteiger partial charge in [0.15, 0.2) is 6.29 Å². The molecule has 2 aliphatic rings. The van der Waals surface area contributed by atoms with Gasteiger partial charge in [0.05, 0.1) is 13.2 Å². The molecular formula is C7H10O3. The van der Waals surface area contributed by atoms with Crippen LogP contribution in [0.1, 0.15) is 6.42 Å². The number of hydrogen-bond acceptors (Lipinski definition) is 3. The zero-order chi connectivity index (χ0) is 6.97. The molecule has 1 aliphatic carbocycles. The molecule has 56 valence electrons. The average molecular weight is 142 g/mol. The summed E-state index contributed by atoms with van der Waals surface area (Å²) in [5.41, 5.74) is 0. The molecule has 2 unspecified atom stereocenters. The molecule has 3 nitrogen and oxygen atoms in total. The second-order valence-corrected chi connectivity index (χ2v) is 2.81. The summed E-state index contributed by atoms with van der Waals surface area (Å²) >= 11 is 0. The van der Waals surface area contributed by atoms with Crippen molar-refractivity contribution in [3.8, 4) is 0 Å². The molecule has 0 amide bonds. The highest BCUT2D eigenvalue weighted by Crippen LogP contribution is 2.42. The van der Waals surface area contributed by atoms with Gasteiger partial charge >= 0.3 is 0 Å². The molecule has 0 aromatic rings. The van der Waals surface area contributed by atoms with Crippen LogP contribution in [0.25, 0.3) is 0 Å². The van der Waals surface area contributed by atoms with Gasteiger partial charge in [0.2, 0.25) is 0 Å². The van der Waals surface area contributed by atoms with Crippen LogP contribution < -0.4 is 0 Å². The molecule has 1 saturated carbocycles. The van der Waals surface area contributed by atoms with Crippen molar-refractivity contribution < 1.29 is 14.3 Å². The lowest BCUT2D eigenvalue weighted by molar-refractivity contribution is -0.111. The van der Waals surface area contributed by atoms with Crippen LogP contribution in [0.2, 0.25) is 0 Å². The lowest BCUT2D eigenvalue weighted by Gasteiger charge is -2.05. The Morgan fingerprint density at radius 1 is 1.30 bits per heavy atom. The van der Waals surface area contributed by atoms with Crippen LogP contribution >= 0.6 is 0 Å². The quantitative estimate of drug-likeness (QED) is 0.516. The Balaban J connectivity index is 1.84. The van der Waals surface area contributed by atoms with Crippen molar-refractivity contribution in [2.75, 3.05) is 13.2 Å². The van der Waals surface area contributed by atoms with Crippen molar-refractivity contribution in [3.63, 3.8) is 0 Å². The predicted octanol–water partition coefficient (Wildman–Crippen LogP) is 0.194. The third-order valence-electron chi connectivity index (χ3n) is 2.06. The molecule has 2 atom stereocenters. The summed E-state index contributed by atoms with van der Waals surface area (Å²) in [6.45, 7) is 1.37. The van der Waals surface area contributed by atoms with Gasteiger partial charge in [0.1, 0.15) is 6.29 Å². The first kappa shape index (κ1) is 6.31. The molecule has 2 rings (SSSR count). The third-order valence-corrected chi connectivity index (χ3v) is 2.06. The summed E-state index contributed by atoms with van der Waals surface area (Å²) in [6.07, 6.45) is 1.87. The average Bonchev–Trinajstić information content (AvgIpc) is 2.56. The molecule has 1 aliphatic heterocycles. The topological polar surface area (TPSA) is 35.5 Å². The van der Waals surface area contributed by atoms with Crippen LogP contribution in [0.5, 0.6) is 0 Å². The fraction of sp³-hybridized carbons (Fsp3) is 0.857. The van der Waals surface area contributed by atoms with Gasteiger partial charge in [-0.05, 0) is 6.42 Å². The minimum absolute atomic E-state index is 0.0739. The van der Waals surface area contributed by atoms with E-state index in [1.165, 1.54) is 0 Å². The van der Waals surface area contributed by atoms with Crippen LogP contribution in [0.15, 0.2) is 0 Å². The minimum Gasteiger partial charge on any atom is -0.350 e. The van der Waals surface area contributed by atoms with Crippen LogP contribution in [0.4, 0.5) is 0 Å². The molecule has 0 radical (unpaired) electrons. The lowest BCUT2D eigenvalue weighted by atomic mass is 10.3. The van der Waals surface area contributed by atoms with Crippen LogP contribution in [0.3, 0.4) is 0 Å². The summed E-state index contributed by atoms with van der Waals surface area (Å²) in [7, 11) is 0. The molecule has 1 heterocycles.